The zero-order chi connectivity index (χ0) is 15.7. The second-order valence-corrected chi connectivity index (χ2v) is 5.03. The standard InChI is InChI=1S/C16H16F2N2O/c1-8-4-5-11(17)14(15(8)18)16(21)20-13-7-9(2)12(19)6-10(13)3/h4-7H,19H2,1-3H3,(H,20,21). The molecule has 3 nitrogen and oxygen atoms in total. The summed E-state index contributed by atoms with van der Waals surface area (Å²) in [6.07, 6.45) is 0. The normalized spacial score (nSPS) is 10.5. The lowest BCUT2D eigenvalue weighted by Crippen LogP contribution is -2.17. The van der Waals surface area contributed by atoms with Gasteiger partial charge in [-0.25, -0.2) is 8.78 Å². The van der Waals surface area contributed by atoms with Crippen molar-refractivity contribution in [3.8, 4) is 0 Å². The fourth-order valence-electron chi connectivity index (χ4n) is 2.02. The van der Waals surface area contributed by atoms with E-state index in [0.29, 0.717) is 11.4 Å². The molecule has 0 unspecified atom stereocenters. The summed E-state index contributed by atoms with van der Waals surface area (Å²) in [6, 6.07) is 5.75. The summed E-state index contributed by atoms with van der Waals surface area (Å²) < 4.78 is 27.6. The van der Waals surface area contributed by atoms with Crippen LogP contribution in [0.4, 0.5) is 20.2 Å². The molecule has 1 amide bonds. The lowest BCUT2D eigenvalue weighted by molar-refractivity contribution is 0.101. The highest BCUT2D eigenvalue weighted by Crippen LogP contribution is 2.24. The van der Waals surface area contributed by atoms with Crippen LogP contribution in [0.25, 0.3) is 0 Å². The van der Waals surface area contributed by atoms with Crippen LogP contribution in [0, 0.1) is 32.4 Å². The minimum Gasteiger partial charge on any atom is -0.399 e. The monoisotopic (exact) mass is 290 g/mol. The van der Waals surface area contributed by atoms with Gasteiger partial charge in [-0.1, -0.05) is 6.07 Å². The number of carbonyl (C=O) groups is 1. The number of hydrogen-bond acceptors (Lipinski definition) is 2. The Morgan fingerprint density at radius 3 is 2.38 bits per heavy atom. The van der Waals surface area contributed by atoms with E-state index in [-0.39, 0.29) is 5.56 Å². The first kappa shape index (κ1) is 15.0. The third-order valence-electron chi connectivity index (χ3n) is 3.37. The van der Waals surface area contributed by atoms with Crippen LogP contribution in [0.5, 0.6) is 0 Å². The van der Waals surface area contributed by atoms with Crippen molar-refractivity contribution in [2.75, 3.05) is 11.1 Å². The lowest BCUT2D eigenvalue weighted by Gasteiger charge is -2.12. The Hall–Kier alpha value is -2.43. The van der Waals surface area contributed by atoms with E-state index >= 15 is 0 Å². The second-order valence-electron chi connectivity index (χ2n) is 5.03. The quantitative estimate of drug-likeness (QED) is 0.828. The smallest absolute Gasteiger partial charge is 0.261 e. The molecule has 2 aromatic carbocycles. The fraction of sp³-hybridized carbons (Fsp3) is 0.188. The third-order valence-corrected chi connectivity index (χ3v) is 3.37. The summed E-state index contributed by atoms with van der Waals surface area (Å²) in [7, 11) is 0. The molecular weight excluding hydrogens is 274 g/mol. The molecule has 0 aliphatic carbocycles. The highest BCUT2D eigenvalue weighted by molar-refractivity contribution is 6.05. The van der Waals surface area contributed by atoms with Gasteiger partial charge in [0.15, 0.2) is 0 Å². The number of rotatable bonds is 2. The van der Waals surface area contributed by atoms with Crippen LogP contribution in [-0.4, -0.2) is 5.91 Å². The zero-order valence-electron chi connectivity index (χ0n) is 12.1. The summed E-state index contributed by atoms with van der Waals surface area (Å²) in [6.45, 7) is 5.02. The molecule has 0 aliphatic heterocycles. The van der Waals surface area contributed by atoms with Crippen LogP contribution >= 0.6 is 0 Å². The number of nitrogen functional groups attached to an aromatic ring is 1. The van der Waals surface area contributed by atoms with Gasteiger partial charge in [-0.05, 0) is 55.7 Å². The maximum absolute atomic E-state index is 13.9. The Labute approximate surface area is 121 Å². The number of nitrogens with two attached hydrogens (primary N) is 1. The minimum absolute atomic E-state index is 0.215. The van der Waals surface area contributed by atoms with Gasteiger partial charge in [-0.15, -0.1) is 0 Å². The first-order chi connectivity index (χ1) is 9.81. The van der Waals surface area contributed by atoms with Crippen molar-refractivity contribution in [1.82, 2.24) is 0 Å². The number of carbonyl (C=O) groups excluding carboxylic acids is 1. The molecule has 0 radical (unpaired) electrons. The molecule has 21 heavy (non-hydrogen) atoms. The van der Waals surface area contributed by atoms with Gasteiger partial charge in [0.2, 0.25) is 0 Å². The van der Waals surface area contributed by atoms with Gasteiger partial charge in [0.25, 0.3) is 5.91 Å². The Bertz CT molecular complexity index is 727. The number of amides is 1. The molecule has 3 N–H and O–H groups in total. The van der Waals surface area contributed by atoms with Gasteiger partial charge in [-0.3, -0.25) is 4.79 Å². The Kier molecular flexibility index (Phi) is 3.93. The number of nitrogens with one attached hydrogen (secondary N) is 1. The number of anilines is 2. The molecule has 0 heterocycles. The van der Waals surface area contributed by atoms with Crippen molar-refractivity contribution in [3.05, 3.63) is 58.2 Å². The van der Waals surface area contributed by atoms with Gasteiger partial charge in [0.1, 0.15) is 17.2 Å². The summed E-state index contributed by atoms with van der Waals surface area (Å²) >= 11 is 0. The molecule has 0 saturated carbocycles. The summed E-state index contributed by atoms with van der Waals surface area (Å²) in [5.41, 5.74) is 7.98. The predicted octanol–water partition coefficient (Wildman–Crippen LogP) is 3.72. The van der Waals surface area contributed by atoms with Crippen LogP contribution in [0.2, 0.25) is 0 Å². The molecule has 2 aromatic rings. The van der Waals surface area contributed by atoms with E-state index in [9.17, 15) is 13.6 Å². The van der Waals surface area contributed by atoms with Gasteiger partial charge in [0, 0.05) is 11.4 Å². The van der Waals surface area contributed by atoms with Crippen LogP contribution < -0.4 is 11.1 Å². The maximum atomic E-state index is 13.9. The average molecular weight is 290 g/mol. The molecule has 0 atom stereocenters. The minimum atomic E-state index is -0.888. The van der Waals surface area contributed by atoms with Crippen LogP contribution in [-0.2, 0) is 0 Å². The number of aryl methyl sites for hydroxylation is 3. The third kappa shape index (κ3) is 2.86. The zero-order valence-corrected chi connectivity index (χ0v) is 12.1. The van der Waals surface area contributed by atoms with Gasteiger partial charge in [-0.2, -0.15) is 0 Å². The SMILES string of the molecule is Cc1cc(NC(=O)c2c(F)ccc(C)c2F)c(C)cc1N. The summed E-state index contributed by atoms with van der Waals surface area (Å²) in [5, 5.41) is 2.53. The Morgan fingerprint density at radius 1 is 1.05 bits per heavy atom. The van der Waals surface area contributed by atoms with Crippen molar-refractivity contribution in [3.63, 3.8) is 0 Å². The number of halogens is 2. The molecule has 0 aromatic heterocycles. The van der Waals surface area contributed by atoms with Crippen molar-refractivity contribution >= 4 is 17.3 Å². The maximum Gasteiger partial charge on any atom is 0.261 e. The van der Waals surface area contributed by atoms with E-state index in [1.165, 1.54) is 13.0 Å². The molecule has 0 bridgehead atoms. The fourth-order valence-corrected chi connectivity index (χ4v) is 2.02. The molecule has 0 fully saturated rings. The van der Waals surface area contributed by atoms with Crippen molar-refractivity contribution in [2.24, 2.45) is 0 Å². The number of benzene rings is 2. The van der Waals surface area contributed by atoms with E-state index in [1.54, 1.807) is 26.0 Å². The molecule has 0 aliphatic rings. The average Bonchev–Trinajstić information content (AvgIpc) is 2.41. The topological polar surface area (TPSA) is 55.1 Å². The Morgan fingerprint density at radius 2 is 1.71 bits per heavy atom. The van der Waals surface area contributed by atoms with Gasteiger partial charge >= 0.3 is 0 Å². The molecule has 0 spiro atoms. The molecule has 2 rings (SSSR count). The van der Waals surface area contributed by atoms with E-state index < -0.39 is 23.1 Å². The molecule has 110 valence electrons. The van der Waals surface area contributed by atoms with Crippen molar-refractivity contribution in [1.29, 1.82) is 0 Å². The van der Waals surface area contributed by atoms with E-state index in [2.05, 4.69) is 5.32 Å². The highest BCUT2D eigenvalue weighted by atomic mass is 19.1. The Balaban J connectivity index is 2.40. The van der Waals surface area contributed by atoms with E-state index in [4.69, 9.17) is 5.73 Å². The van der Waals surface area contributed by atoms with Crippen molar-refractivity contribution < 1.29 is 13.6 Å². The van der Waals surface area contributed by atoms with Crippen LogP contribution in [0.3, 0.4) is 0 Å². The second kappa shape index (κ2) is 5.52. The van der Waals surface area contributed by atoms with E-state index in [1.807, 2.05) is 0 Å². The highest BCUT2D eigenvalue weighted by Gasteiger charge is 2.19. The first-order valence-electron chi connectivity index (χ1n) is 6.44. The summed E-state index contributed by atoms with van der Waals surface area (Å²) in [5.74, 6) is -2.56. The molecule has 5 heteroatoms. The largest absolute Gasteiger partial charge is 0.399 e. The van der Waals surface area contributed by atoms with Crippen molar-refractivity contribution in [2.45, 2.75) is 20.8 Å². The summed E-state index contributed by atoms with van der Waals surface area (Å²) in [4.78, 5) is 12.1. The molecule has 0 saturated heterocycles. The van der Waals surface area contributed by atoms with Crippen LogP contribution in [0.1, 0.15) is 27.0 Å². The number of hydrogen-bond donors (Lipinski definition) is 2. The van der Waals surface area contributed by atoms with Crippen LogP contribution in [0.15, 0.2) is 24.3 Å². The first-order valence-corrected chi connectivity index (χ1v) is 6.44. The van der Waals surface area contributed by atoms with E-state index in [0.717, 1.165) is 17.2 Å². The van der Waals surface area contributed by atoms with Gasteiger partial charge in [0.05, 0.1) is 0 Å². The lowest BCUT2D eigenvalue weighted by atomic mass is 10.1. The predicted molar refractivity (Wildman–Crippen MR) is 79.4 cm³/mol. The van der Waals surface area contributed by atoms with Gasteiger partial charge < -0.3 is 11.1 Å². The molecular formula is C16H16F2N2O.